The summed E-state index contributed by atoms with van der Waals surface area (Å²) in [4.78, 5) is 31.8. The first-order valence-corrected chi connectivity index (χ1v) is 8.25. The molecule has 0 aliphatic rings. The molecule has 0 saturated carbocycles. The Labute approximate surface area is 152 Å². The van der Waals surface area contributed by atoms with Crippen molar-refractivity contribution in [2.45, 2.75) is 26.8 Å². The summed E-state index contributed by atoms with van der Waals surface area (Å²) in [5.41, 5.74) is 7.16. The van der Waals surface area contributed by atoms with Gasteiger partial charge in [0.05, 0.1) is 12.6 Å². The quantitative estimate of drug-likeness (QED) is 0.693. The molecule has 0 aliphatic carbocycles. The summed E-state index contributed by atoms with van der Waals surface area (Å²) in [6, 6.07) is 6.48. The number of benzene rings is 1. The zero-order valence-corrected chi connectivity index (χ0v) is 15.0. The number of nitrogens with two attached hydrogens (primary N) is 1. The normalized spacial score (nSPS) is 11.7. The molecule has 1 atom stereocenters. The van der Waals surface area contributed by atoms with Gasteiger partial charge in [0.25, 0.3) is 0 Å². The van der Waals surface area contributed by atoms with Crippen LogP contribution in [0, 0.1) is 12.8 Å². The summed E-state index contributed by atoms with van der Waals surface area (Å²) in [6.07, 6.45) is 3.17. The molecular weight excluding hydrogens is 334 g/mol. The summed E-state index contributed by atoms with van der Waals surface area (Å²) in [5, 5.41) is 5.27. The number of nitrogens with one attached hydrogen (secondary N) is 2. The van der Waals surface area contributed by atoms with Crippen molar-refractivity contribution in [3.05, 3.63) is 42.2 Å². The third-order valence-corrected chi connectivity index (χ3v) is 3.67. The number of hydrogen-bond donors (Lipinski definition) is 3. The monoisotopic (exact) mass is 357 g/mol. The van der Waals surface area contributed by atoms with E-state index >= 15 is 0 Å². The number of rotatable bonds is 7. The maximum atomic E-state index is 12.0. The van der Waals surface area contributed by atoms with Crippen molar-refractivity contribution in [2.75, 3.05) is 11.9 Å². The van der Waals surface area contributed by atoms with E-state index in [0.717, 1.165) is 5.56 Å². The van der Waals surface area contributed by atoms with E-state index in [1.165, 1.54) is 0 Å². The Morgan fingerprint density at radius 1 is 1.23 bits per heavy atom. The van der Waals surface area contributed by atoms with Gasteiger partial charge in [-0.3, -0.25) is 9.59 Å². The second-order valence-corrected chi connectivity index (χ2v) is 6.15. The number of ether oxygens (including phenoxy) is 1. The first-order chi connectivity index (χ1) is 12.4. The van der Waals surface area contributed by atoms with Crippen molar-refractivity contribution in [3.63, 3.8) is 0 Å². The van der Waals surface area contributed by atoms with E-state index < -0.39 is 6.04 Å². The van der Waals surface area contributed by atoms with Crippen LogP contribution in [-0.2, 0) is 9.59 Å². The van der Waals surface area contributed by atoms with Gasteiger partial charge in [-0.2, -0.15) is 0 Å². The number of aromatic nitrogens is 2. The zero-order valence-electron chi connectivity index (χ0n) is 15.0. The Bertz CT molecular complexity index is 765. The third-order valence-electron chi connectivity index (χ3n) is 3.67. The van der Waals surface area contributed by atoms with Crippen LogP contribution in [0.5, 0.6) is 11.8 Å². The van der Waals surface area contributed by atoms with Crippen LogP contribution in [0.1, 0.15) is 19.4 Å². The highest BCUT2D eigenvalue weighted by Gasteiger charge is 2.17. The van der Waals surface area contributed by atoms with Crippen molar-refractivity contribution >= 4 is 17.5 Å². The van der Waals surface area contributed by atoms with E-state index in [2.05, 4.69) is 20.6 Å². The van der Waals surface area contributed by atoms with E-state index in [1.807, 2.05) is 20.8 Å². The van der Waals surface area contributed by atoms with E-state index in [-0.39, 0.29) is 30.3 Å². The highest BCUT2D eigenvalue weighted by molar-refractivity contribution is 5.95. The first kappa shape index (κ1) is 19.3. The van der Waals surface area contributed by atoms with E-state index in [1.54, 1.807) is 36.7 Å². The zero-order chi connectivity index (χ0) is 19.1. The maximum absolute atomic E-state index is 12.0. The van der Waals surface area contributed by atoms with Crippen molar-refractivity contribution in [1.82, 2.24) is 15.3 Å². The lowest BCUT2D eigenvalue weighted by atomic mass is 10.1. The molecular formula is C18H23N5O3. The lowest BCUT2D eigenvalue weighted by Gasteiger charge is -2.15. The van der Waals surface area contributed by atoms with Crippen LogP contribution < -0.4 is 21.1 Å². The van der Waals surface area contributed by atoms with Crippen molar-refractivity contribution in [3.8, 4) is 11.8 Å². The molecule has 0 unspecified atom stereocenters. The van der Waals surface area contributed by atoms with Crippen LogP contribution in [0.25, 0.3) is 0 Å². The van der Waals surface area contributed by atoms with E-state index in [0.29, 0.717) is 11.4 Å². The average Bonchev–Trinajstić information content (AvgIpc) is 2.62. The minimum atomic E-state index is -0.638. The largest absolute Gasteiger partial charge is 0.424 e. The van der Waals surface area contributed by atoms with Gasteiger partial charge >= 0.3 is 6.01 Å². The van der Waals surface area contributed by atoms with Gasteiger partial charge in [-0.1, -0.05) is 13.8 Å². The molecule has 1 heterocycles. The van der Waals surface area contributed by atoms with E-state index in [4.69, 9.17) is 10.5 Å². The molecule has 0 aliphatic heterocycles. The molecule has 0 fully saturated rings. The summed E-state index contributed by atoms with van der Waals surface area (Å²) in [5.74, 6) is -0.125. The van der Waals surface area contributed by atoms with Crippen LogP contribution in [0.3, 0.4) is 0 Å². The topological polar surface area (TPSA) is 119 Å². The van der Waals surface area contributed by atoms with E-state index in [9.17, 15) is 9.59 Å². The van der Waals surface area contributed by atoms with Gasteiger partial charge in [0.15, 0.2) is 0 Å². The lowest BCUT2D eigenvalue weighted by Crippen LogP contribution is -2.46. The number of anilines is 1. The summed E-state index contributed by atoms with van der Waals surface area (Å²) < 4.78 is 5.54. The predicted octanol–water partition coefficient (Wildman–Crippen LogP) is 1.62. The lowest BCUT2D eigenvalue weighted by molar-refractivity contribution is -0.125. The molecule has 26 heavy (non-hydrogen) atoms. The molecule has 4 N–H and O–H groups in total. The van der Waals surface area contributed by atoms with Crippen LogP contribution in [0.4, 0.5) is 5.69 Å². The summed E-state index contributed by atoms with van der Waals surface area (Å²) in [6.45, 7) is 5.38. The molecule has 8 nitrogen and oxygen atoms in total. The fourth-order valence-electron chi connectivity index (χ4n) is 2.07. The number of amides is 2. The average molecular weight is 357 g/mol. The van der Waals surface area contributed by atoms with Crippen molar-refractivity contribution in [2.24, 2.45) is 11.7 Å². The van der Waals surface area contributed by atoms with Gasteiger partial charge in [0, 0.05) is 18.1 Å². The Hall–Kier alpha value is -3.00. The van der Waals surface area contributed by atoms with Crippen molar-refractivity contribution in [1.29, 1.82) is 0 Å². The van der Waals surface area contributed by atoms with Crippen molar-refractivity contribution < 1.29 is 14.3 Å². The fourth-order valence-corrected chi connectivity index (χ4v) is 2.07. The Kier molecular flexibility index (Phi) is 6.62. The van der Waals surface area contributed by atoms with Crippen LogP contribution in [0.2, 0.25) is 0 Å². The SMILES string of the molecule is Cc1cc(Oc2ncccn2)ccc1NC(=O)CNC(=O)[C@@H](N)C(C)C. The Morgan fingerprint density at radius 3 is 2.54 bits per heavy atom. The van der Waals surface area contributed by atoms with Gasteiger partial charge in [0.2, 0.25) is 11.8 Å². The molecule has 0 radical (unpaired) electrons. The van der Waals surface area contributed by atoms with Gasteiger partial charge in [-0.15, -0.1) is 0 Å². The second-order valence-electron chi connectivity index (χ2n) is 6.15. The highest BCUT2D eigenvalue weighted by atomic mass is 16.5. The maximum Gasteiger partial charge on any atom is 0.321 e. The number of aryl methyl sites for hydroxylation is 1. The molecule has 1 aromatic heterocycles. The molecule has 8 heteroatoms. The van der Waals surface area contributed by atoms with Gasteiger partial charge in [0.1, 0.15) is 5.75 Å². The Morgan fingerprint density at radius 2 is 1.92 bits per heavy atom. The molecule has 138 valence electrons. The third kappa shape index (κ3) is 5.52. The second kappa shape index (κ2) is 8.91. The van der Waals surface area contributed by atoms with Crippen LogP contribution in [0.15, 0.2) is 36.7 Å². The number of nitrogens with zero attached hydrogens (tertiary/aromatic N) is 2. The number of hydrogen-bond acceptors (Lipinski definition) is 6. The van der Waals surface area contributed by atoms with Crippen LogP contribution >= 0.6 is 0 Å². The first-order valence-electron chi connectivity index (χ1n) is 8.25. The molecule has 0 saturated heterocycles. The minimum absolute atomic E-state index is 0.00134. The standard InChI is InChI=1S/C18H23N5O3/c1-11(2)16(19)17(25)22-10-15(24)23-14-6-5-13(9-12(14)3)26-18-20-7-4-8-21-18/h4-9,11,16H,10,19H2,1-3H3,(H,22,25)(H,23,24)/t16-/m0/s1. The number of carbonyl (C=O) groups is 2. The summed E-state index contributed by atoms with van der Waals surface area (Å²) >= 11 is 0. The van der Waals surface area contributed by atoms with Crippen LogP contribution in [-0.4, -0.2) is 34.4 Å². The van der Waals surface area contributed by atoms with Gasteiger partial charge < -0.3 is 21.1 Å². The predicted molar refractivity (Wildman–Crippen MR) is 97.7 cm³/mol. The molecule has 2 rings (SSSR count). The molecule has 0 spiro atoms. The molecule has 2 aromatic rings. The highest BCUT2D eigenvalue weighted by Crippen LogP contribution is 2.24. The molecule has 1 aromatic carbocycles. The van der Waals surface area contributed by atoms with Gasteiger partial charge in [-0.25, -0.2) is 9.97 Å². The fraction of sp³-hybridized carbons (Fsp3) is 0.333. The molecule has 0 bridgehead atoms. The van der Waals surface area contributed by atoms with Gasteiger partial charge in [-0.05, 0) is 42.7 Å². The smallest absolute Gasteiger partial charge is 0.321 e. The minimum Gasteiger partial charge on any atom is -0.424 e. The summed E-state index contributed by atoms with van der Waals surface area (Å²) in [7, 11) is 0. The molecule has 2 amide bonds. The number of carbonyl (C=O) groups excluding carboxylic acids is 2. The Balaban J connectivity index is 1.91.